The molecular weight excluding hydrogens is 278 g/mol. The van der Waals surface area contributed by atoms with Crippen LogP contribution in [0, 0.1) is 0 Å². The van der Waals surface area contributed by atoms with Crippen LogP contribution in [0.5, 0.6) is 0 Å². The van der Waals surface area contributed by atoms with E-state index in [1.165, 1.54) is 0 Å². The average Bonchev–Trinajstić information content (AvgIpc) is 2.37. The van der Waals surface area contributed by atoms with Crippen molar-refractivity contribution in [3.63, 3.8) is 0 Å². The van der Waals surface area contributed by atoms with Crippen molar-refractivity contribution in [1.29, 1.82) is 0 Å². The molecule has 0 aromatic carbocycles. The lowest BCUT2D eigenvalue weighted by atomic mass is 10.5. The molecule has 0 aliphatic heterocycles. The molecule has 0 amide bonds. The number of rotatable bonds is 11. The molecular formula is C12H31NO4Si2. The van der Waals surface area contributed by atoms with Gasteiger partial charge in [-0.3, -0.25) is 0 Å². The number of methoxy groups -OCH3 is 1. The third kappa shape index (κ3) is 6.98. The highest BCUT2D eigenvalue weighted by Gasteiger charge is 2.37. The van der Waals surface area contributed by atoms with Gasteiger partial charge in [-0.15, -0.1) is 0 Å². The summed E-state index contributed by atoms with van der Waals surface area (Å²) in [6.45, 7) is 9.90. The predicted molar refractivity (Wildman–Crippen MR) is 83.0 cm³/mol. The summed E-state index contributed by atoms with van der Waals surface area (Å²) in [5.74, 6) is 0. The second kappa shape index (κ2) is 9.22. The van der Waals surface area contributed by atoms with Crippen LogP contribution in [0.2, 0.25) is 25.7 Å². The molecule has 0 aromatic rings. The molecule has 0 aliphatic carbocycles. The maximum absolute atomic E-state index is 5.45. The highest BCUT2D eigenvalue weighted by molar-refractivity contribution is 6.73. The third-order valence-corrected chi connectivity index (χ3v) is 8.53. The van der Waals surface area contributed by atoms with E-state index in [0.717, 1.165) is 32.2 Å². The van der Waals surface area contributed by atoms with E-state index in [1.54, 1.807) is 28.4 Å². The van der Waals surface area contributed by atoms with Crippen molar-refractivity contribution in [3.8, 4) is 0 Å². The molecule has 0 bridgehead atoms. The summed E-state index contributed by atoms with van der Waals surface area (Å²) in [6.07, 6.45) is 1.02. The molecule has 5 nitrogen and oxygen atoms in total. The quantitative estimate of drug-likeness (QED) is 0.546. The first-order chi connectivity index (χ1) is 8.85. The molecule has 0 spiro atoms. The minimum Gasteiger partial charge on any atom is -0.383 e. The fourth-order valence-corrected chi connectivity index (χ4v) is 5.32. The lowest BCUT2D eigenvalue weighted by Crippen LogP contribution is -2.49. The first-order valence-electron chi connectivity index (χ1n) is 6.74. The first-order valence-corrected chi connectivity index (χ1v) is 12.1. The summed E-state index contributed by atoms with van der Waals surface area (Å²) in [5, 5.41) is 0. The molecule has 0 radical (unpaired) electrons. The van der Waals surface area contributed by atoms with Crippen molar-refractivity contribution in [2.24, 2.45) is 0 Å². The molecule has 0 saturated heterocycles. The van der Waals surface area contributed by atoms with Gasteiger partial charge < -0.3 is 22.6 Å². The van der Waals surface area contributed by atoms with E-state index in [2.05, 4.69) is 24.2 Å². The van der Waals surface area contributed by atoms with Gasteiger partial charge in [0.2, 0.25) is 0 Å². The zero-order valence-electron chi connectivity index (χ0n) is 13.6. The van der Waals surface area contributed by atoms with Gasteiger partial charge in [-0.1, -0.05) is 19.6 Å². The Labute approximate surface area is 120 Å². The Morgan fingerprint density at radius 3 is 1.74 bits per heavy atom. The Bertz CT molecular complexity index is 224. The summed E-state index contributed by atoms with van der Waals surface area (Å²) < 4.78 is 24.1. The van der Waals surface area contributed by atoms with Crippen molar-refractivity contribution >= 4 is 17.0 Å². The second-order valence-corrected chi connectivity index (χ2v) is 13.6. The maximum atomic E-state index is 5.45. The van der Waals surface area contributed by atoms with Crippen molar-refractivity contribution in [2.45, 2.75) is 32.1 Å². The number of hydrogen-bond donors (Lipinski definition) is 0. The Kier molecular flexibility index (Phi) is 9.33. The van der Waals surface area contributed by atoms with Crippen molar-refractivity contribution in [2.75, 3.05) is 48.1 Å². The SMILES string of the molecule is COCCN(CCC[Si](OC)(OC)OC)[Si](C)(C)C. The average molecular weight is 310 g/mol. The molecule has 0 aromatic heterocycles. The van der Waals surface area contributed by atoms with Gasteiger partial charge in [-0.05, 0) is 13.0 Å². The molecule has 0 saturated carbocycles. The molecule has 116 valence electrons. The summed E-state index contributed by atoms with van der Waals surface area (Å²) in [7, 11) is 3.03. The van der Waals surface area contributed by atoms with Crippen LogP contribution in [0.3, 0.4) is 0 Å². The van der Waals surface area contributed by atoms with E-state index in [4.69, 9.17) is 18.0 Å². The molecule has 19 heavy (non-hydrogen) atoms. The minimum atomic E-state index is -2.42. The van der Waals surface area contributed by atoms with Crippen LogP contribution in [0.1, 0.15) is 6.42 Å². The van der Waals surface area contributed by atoms with Gasteiger partial charge in [0.25, 0.3) is 0 Å². The van der Waals surface area contributed by atoms with Gasteiger partial charge in [0.1, 0.15) is 8.24 Å². The fraction of sp³-hybridized carbons (Fsp3) is 1.00. The Hall–Kier alpha value is 0.234. The highest BCUT2D eigenvalue weighted by atomic mass is 28.4. The summed E-state index contributed by atoms with van der Waals surface area (Å²) in [6, 6.07) is 0.852. The van der Waals surface area contributed by atoms with Gasteiger partial charge in [0.05, 0.1) is 6.61 Å². The number of ether oxygens (including phenoxy) is 1. The first kappa shape index (κ1) is 19.2. The molecule has 0 heterocycles. The van der Waals surface area contributed by atoms with E-state index in [-0.39, 0.29) is 0 Å². The van der Waals surface area contributed by atoms with Gasteiger partial charge >= 0.3 is 8.80 Å². The zero-order chi connectivity index (χ0) is 14.9. The van der Waals surface area contributed by atoms with E-state index < -0.39 is 17.0 Å². The van der Waals surface area contributed by atoms with Gasteiger partial charge in [0, 0.05) is 41.0 Å². The molecule has 0 fully saturated rings. The van der Waals surface area contributed by atoms with E-state index in [1.807, 2.05) is 0 Å². The number of hydrogen-bond acceptors (Lipinski definition) is 5. The van der Waals surface area contributed by atoms with E-state index in [0.29, 0.717) is 0 Å². The van der Waals surface area contributed by atoms with Gasteiger partial charge in [0.15, 0.2) is 0 Å². The lowest BCUT2D eigenvalue weighted by molar-refractivity contribution is 0.121. The molecule has 0 N–H and O–H groups in total. The second-order valence-electron chi connectivity index (χ2n) is 5.55. The largest absolute Gasteiger partial charge is 0.500 e. The fourth-order valence-electron chi connectivity index (χ4n) is 2.03. The molecule has 0 rings (SSSR count). The van der Waals surface area contributed by atoms with Gasteiger partial charge in [-0.25, -0.2) is 0 Å². The standard InChI is InChI=1S/C12H31NO4Si2/c1-14-11-10-13(18(5,6)7)9-8-12-19(15-2,16-3)17-4/h8-12H2,1-7H3. The summed E-state index contributed by atoms with van der Waals surface area (Å²) >= 11 is 0. The van der Waals surface area contributed by atoms with Gasteiger partial charge in [-0.2, -0.15) is 0 Å². The van der Waals surface area contributed by atoms with Crippen LogP contribution < -0.4 is 0 Å². The third-order valence-electron chi connectivity index (χ3n) is 3.36. The normalized spacial score (nSPS) is 13.3. The molecule has 0 unspecified atom stereocenters. The van der Waals surface area contributed by atoms with Crippen molar-refractivity contribution < 1.29 is 18.0 Å². The van der Waals surface area contributed by atoms with E-state index in [9.17, 15) is 0 Å². The van der Waals surface area contributed by atoms with Crippen LogP contribution in [0.25, 0.3) is 0 Å². The topological polar surface area (TPSA) is 40.2 Å². The monoisotopic (exact) mass is 309 g/mol. The Morgan fingerprint density at radius 1 is 0.842 bits per heavy atom. The Morgan fingerprint density at radius 2 is 1.37 bits per heavy atom. The van der Waals surface area contributed by atoms with Crippen LogP contribution in [-0.2, 0) is 18.0 Å². The van der Waals surface area contributed by atoms with Crippen molar-refractivity contribution in [3.05, 3.63) is 0 Å². The zero-order valence-corrected chi connectivity index (χ0v) is 15.6. The van der Waals surface area contributed by atoms with E-state index >= 15 is 0 Å². The van der Waals surface area contributed by atoms with Crippen LogP contribution >= 0.6 is 0 Å². The van der Waals surface area contributed by atoms with Crippen LogP contribution in [0.4, 0.5) is 0 Å². The Balaban J connectivity index is 4.32. The summed E-state index contributed by atoms with van der Waals surface area (Å²) in [4.78, 5) is 0. The van der Waals surface area contributed by atoms with Crippen molar-refractivity contribution in [1.82, 2.24) is 4.57 Å². The van der Waals surface area contributed by atoms with Crippen LogP contribution in [0.15, 0.2) is 0 Å². The maximum Gasteiger partial charge on any atom is 0.500 e. The molecule has 0 aliphatic rings. The molecule has 0 atom stereocenters. The minimum absolute atomic E-state index is 0.783. The lowest BCUT2D eigenvalue weighted by Gasteiger charge is -2.34. The number of nitrogens with zero attached hydrogens (tertiary/aromatic N) is 1. The van der Waals surface area contributed by atoms with Crippen LogP contribution in [-0.4, -0.2) is 69.7 Å². The molecule has 7 heteroatoms. The smallest absolute Gasteiger partial charge is 0.383 e. The summed E-state index contributed by atoms with van der Waals surface area (Å²) in [5.41, 5.74) is 0. The highest BCUT2D eigenvalue weighted by Crippen LogP contribution is 2.17. The predicted octanol–water partition coefficient (Wildman–Crippen LogP) is 2.04.